The van der Waals surface area contributed by atoms with Crippen molar-refractivity contribution in [2.24, 2.45) is 5.92 Å². The predicted molar refractivity (Wildman–Crippen MR) is 64.5 cm³/mol. The Bertz CT molecular complexity index is 373. The third kappa shape index (κ3) is 2.03. The first-order chi connectivity index (χ1) is 7.11. The maximum atomic E-state index is 6.15. The van der Waals surface area contributed by atoms with Gasteiger partial charge in [0, 0.05) is 5.69 Å². The molecule has 2 unspecified atom stereocenters. The first kappa shape index (κ1) is 10.9. The third-order valence-electron chi connectivity index (χ3n) is 3.33. The second-order valence-electron chi connectivity index (χ2n) is 4.78. The monoisotopic (exact) mass is 223 g/mol. The van der Waals surface area contributed by atoms with Gasteiger partial charge in [-0.2, -0.15) is 0 Å². The number of hydrogen-bond acceptors (Lipinski definition) is 1. The Hall–Kier alpha value is -0.560. The van der Waals surface area contributed by atoms with Gasteiger partial charge >= 0.3 is 0 Å². The number of rotatable bonds is 1. The van der Waals surface area contributed by atoms with Crippen LogP contribution in [0.5, 0.6) is 0 Å². The minimum Gasteiger partial charge on any atom is -0.240 e. The molecule has 1 aliphatic rings. The van der Waals surface area contributed by atoms with Gasteiger partial charge in [0.15, 0.2) is 0 Å². The Morgan fingerprint density at radius 2 is 2.20 bits per heavy atom. The van der Waals surface area contributed by atoms with E-state index >= 15 is 0 Å². The summed E-state index contributed by atoms with van der Waals surface area (Å²) in [4.78, 5) is 4.57. The molecule has 0 aromatic carbocycles. The molecule has 0 aliphatic heterocycles. The van der Waals surface area contributed by atoms with E-state index in [2.05, 4.69) is 31.8 Å². The van der Waals surface area contributed by atoms with Crippen LogP contribution >= 0.6 is 11.6 Å². The van der Waals surface area contributed by atoms with Crippen LogP contribution in [0.2, 0.25) is 5.15 Å². The molecule has 15 heavy (non-hydrogen) atoms. The molecular formula is C13H18ClN. The number of hydrogen-bond donors (Lipinski definition) is 0. The summed E-state index contributed by atoms with van der Waals surface area (Å²) in [6, 6.07) is 2.26. The maximum Gasteiger partial charge on any atom is 0.132 e. The number of nitrogens with zero attached hydrogens (tertiary/aromatic N) is 1. The highest BCUT2D eigenvalue weighted by Crippen LogP contribution is 2.35. The van der Waals surface area contributed by atoms with E-state index in [1.54, 1.807) is 0 Å². The molecule has 0 N–H and O–H groups in total. The molecule has 0 saturated carbocycles. The third-order valence-corrected chi connectivity index (χ3v) is 3.66. The largest absolute Gasteiger partial charge is 0.240 e. The Morgan fingerprint density at radius 1 is 1.47 bits per heavy atom. The fourth-order valence-corrected chi connectivity index (χ4v) is 2.88. The van der Waals surface area contributed by atoms with E-state index < -0.39 is 0 Å². The molecule has 1 aliphatic carbocycles. The summed E-state index contributed by atoms with van der Waals surface area (Å²) >= 11 is 6.15. The van der Waals surface area contributed by atoms with Crippen LogP contribution < -0.4 is 0 Å². The lowest BCUT2D eigenvalue weighted by Crippen LogP contribution is -2.17. The Kier molecular flexibility index (Phi) is 3.01. The Morgan fingerprint density at radius 3 is 2.87 bits per heavy atom. The van der Waals surface area contributed by atoms with Gasteiger partial charge in [-0.25, -0.2) is 4.98 Å². The van der Waals surface area contributed by atoms with Gasteiger partial charge in [0.25, 0.3) is 0 Å². The molecule has 1 aromatic heterocycles. The minimum atomic E-state index is 0.562. The molecule has 0 radical (unpaired) electrons. The van der Waals surface area contributed by atoms with Gasteiger partial charge in [-0.1, -0.05) is 38.4 Å². The average Bonchev–Trinajstić information content (AvgIpc) is 2.18. The molecule has 82 valence electrons. The first-order valence-electron chi connectivity index (χ1n) is 5.80. The molecule has 0 amide bonds. The van der Waals surface area contributed by atoms with Crippen molar-refractivity contribution in [1.29, 1.82) is 0 Å². The lowest BCUT2D eigenvalue weighted by molar-refractivity contribution is 0.441. The van der Waals surface area contributed by atoms with Crippen LogP contribution in [0.4, 0.5) is 0 Å². The zero-order chi connectivity index (χ0) is 11.0. The molecule has 0 bridgehead atoms. The molecule has 0 spiro atoms. The Balaban J connectivity index is 2.47. The first-order valence-corrected chi connectivity index (χ1v) is 6.17. The minimum absolute atomic E-state index is 0.562. The fraction of sp³-hybridized carbons (Fsp3) is 0.615. The van der Waals surface area contributed by atoms with Crippen LogP contribution in [0.1, 0.15) is 49.9 Å². The zero-order valence-corrected chi connectivity index (χ0v) is 10.4. The molecule has 2 heteroatoms. The molecule has 1 nitrogen and oxygen atoms in total. The molecule has 2 atom stereocenters. The highest BCUT2D eigenvalue weighted by Gasteiger charge is 2.23. The van der Waals surface area contributed by atoms with E-state index in [1.807, 2.05) is 0 Å². The summed E-state index contributed by atoms with van der Waals surface area (Å²) in [5.74, 6) is 1.34. The van der Waals surface area contributed by atoms with E-state index in [0.29, 0.717) is 11.1 Å². The topological polar surface area (TPSA) is 12.9 Å². The normalized spacial score (nSPS) is 25.1. The zero-order valence-electron chi connectivity index (χ0n) is 9.68. The van der Waals surface area contributed by atoms with E-state index in [0.717, 1.165) is 18.8 Å². The summed E-state index contributed by atoms with van der Waals surface area (Å²) < 4.78 is 0. The second-order valence-corrected chi connectivity index (χ2v) is 5.14. The number of fused-ring (bicyclic) bond motifs is 1. The number of pyridine rings is 1. The van der Waals surface area contributed by atoms with Crippen molar-refractivity contribution in [3.63, 3.8) is 0 Å². The average molecular weight is 224 g/mol. The summed E-state index contributed by atoms with van der Waals surface area (Å²) in [6.07, 6.45) is 3.38. The fourth-order valence-electron chi connectivity index (χ4n) is 2.61. The number of aryl methyl sites for hydroxylation is 1. The van der Waals surface area contributed by atoms with Gasteiger partial charge in [-0.3, -0.25) is 0 Å². The molecule has 0 fully saturated rings. The molecule has 2 rings (SSSR count). The van der Waals surface area contributed by atoms with E-state index in [1.165, 1.54) is 23.2 Å². The molecule has 1 heterocycles. The van der Waals surface area contributed by atoms with Crippen LogP contribution in [0, 0.1) is 5.92 Å². The van der Waals surface area contributed by atoms with Crippen molar-refractivity contribution in [2.75, 3.05) is 0 Å². The van der Waals surface area contributed by atoms with Crippen molar-refractivity contribution in [2.45, 2.75) is 46.0 Å². The van der Waals surface area contributed by atoms with Crippen molar-refractivity contribution >= 4 is 11.6 Å². The van der Waals surface area contributed by atoms with Crippen LogP contribution in [0.15, 0.2) is 6.07 Å². The van der Waals surface area contributed by atoms with Gasteiger partial charge < -0.3 is 0 Å². The van der Waals surface area contributed by atoms with Gasteiger partial charge in [0.2, 0.25) is 0 Å². The Labute approximate surface area is 96.9 Å². The maximum absolute atomic E-state index is 6.15. The van der Waals surface area contributed by atoms with Crippen molar-refractivity contribution in [3.8, 4) is 0 Å². The van der Waals surface area contributed by atoms with Gasteiger partial charge in [-0.05, 0) is 42.2 Å². The smallest absolute Gasteiger partial charge is 0.132 e. The van der Waals surface area contributed by atoms with Crippen molar-refractivity contribution in [1.82, 2.24) is 4.98 Å². The van der Waals surface area contributed by atoms with E-state index in [4.69, 9.17) is 11.6 Å². The van der Waals surface area contributed by atoms with Gasteiger partial charge in [0.05, 0.1) is 0 Å². The number of halogens is 1. The summed E-state index contributed by atoms with van der Waals surface area (Å²) in [5.41, 5.74) is 3.84. The highest BCUT2D eigenvalue weighted by atomic mass is 35.5. The van der Waals surface area contributed by atoms with Crippen LogP contribution in [0.25, 0.3) is 0 Å². The molecule has 1 aromatic rings. The molecular weight excluding hydrogens is 206 g/mol. The quantitative estimate of drug-likeness (QED) is 0.657. The van der Waals surface area contributed by atoms with Crippen molar-refractivity contribution < 1.29 is 0 Å². The number of aromatic nitrogens is 1. The van der Waals surface area contributed by atoms with Crippen LogP contribution in [-0.4, -0.2) is 4.98 Å². The predicted octanol–water partition coefficient (Wildman–Crippen LogP) is 3.98. The van der Waals surface area contributed by atoms with E-state index in [9.17, 15) is 0 Å². The summed E-state index contributed by atoms with van der Waals surface area (Å²) in [6.45, 7) is 6.70. The molecule has 0 saturated heterocycles. The van der Waals surface area contributed by atoms with Crippen LogP contribution in [0.3, 0.4) is 0 Å². The summed E-state index contributed by atoms with van der Waals surface area (Å²) in [7, 11) is 0. The van der Waals surface area contributed by atoms with Gasteiger partial charge in [-0.15, -0.1) is 0 Å². The SMILES string of the molecule is CCc1cc2c(nc1Cl)C(C)CC(C)C2. The standard InChI is InChI=1S/C13H18ClN/c1-4-10-7-11-6-8(2)5-9(3)12(11)15-13(10)14/h7-9H,4-6H2,1-3H3. The lowest BCUT2D eigenvalue weighted by Gasteiger charge is -2.27. The highest BCUT2D eigenvalue weighted by molar-refractivity contribution is 6.30. The van der Waals surface area contributed by atoms with Crippen molar-refractivity contribution in [3.05, 3.63) is 28.0 Å². The van der Waals surface area contributed by atoms with Gasteiger partial charge in [0.1, 0.15) is 5.15 Å². The lowest BCUT2D eigenvalue weighted by atomic mass is 9.81. The summed E-state index contributed by atoms with van der Waals surface area (Å²) in [5, 5.41) is 0.706. The van der Waals surface area contributed by atoms with E-state index in [-0.39, 0.29) is 0 Å². The van der Waals surface area contributed by atoms with Crippen LogP contribution in [-0.2, 0) is 12.8 Å². The second kappa shape index (κ2) is 4.13.